The molecule has 6 rings (SSSR count). The van der Waals surface area contributed by atoms with E-state index in [9.17, 15) is 5.11 Å². The van der Waals surface area contributed by atoms with Crippen molar-refractivity contribution >= 4 is 31.9 Å². The van der Waals surface area contributed by atoms with Crippen LogP contribution in [-0.4, -0.2) is 44.2 Å². The molecule has 0 radical (unpaired) electrons. The van der Waals surface area contributed by atoms with Gasteiger partial charge in [-0.1, -0.05) is 0 Å². The van der Waals surface area contributed by atoms with E-state index < -0.39 is 6.10 Å². The van der Waals surface area contributed by atoms with E-state index in [0.717, 1.165) is 52.7 Å². The summed E-state index contributed by atoms with van der Waals surface area (Å²) in [6.45, 7) is 0. The average molecular weight is 634 g/mol. The lowest BCUT2D eigenvalue weighted by Gasteiger charge is -2.08. The van der Waals surface area contributed by atoms with Crippen molar-refractivity contribution in [3.05, 3.63) is 67.6 Å². The molecule has 0 aliphatic heterocycles. The van der Waals surface area contributed by atoms with Gasteiger partial charge in [-0.25, -0.2) is 0 Å². The fourth-order valence-corrected chi connectivity index (χ4v) is 5.68. The van der Waals surface area contributed by atoms with Gasteiger partial charge in [0.1, 0.15) is 15.3 Å². The standard InChI is InChI=1S/C13H17BrN4O.C13H17BrN4/c1-17-7-10(13(14)16-17)12(19)11-6-9(15-18(11)2)5-8-3-4-8;1-17-8-10(13(14)16-17)6-12-7-11(15-18(12)2)5-9-3-4-9/h6-8,12,19H,3-5H2,1-2H3;7-9H,3-6H2,1-2H3. The molecule has 1 unspecified atom stereocenters. The molecule has 1 atom stereocenters. The number of hydrogen-bond acceptors (Lipinski definition) is 5. The molecule has 198 valence electrons. The van der Waals surface area contributed by atoms with Crippen molar-refractivity contribution in [1.82, 2.24) is 39.1 Å². The van der Waals surface area contributed by atoms with Gasteiger partial charge in [-0.2, -0.15) is 20.4 Å². The molecule has 37 heavy (non-hydrogen) atoms. The lowest BCUT2D eigenvalue weighted by Crippen LogP contribution is -2.06. The van der Waals surface area contributed by atoms with Gasteiger partial charge in [0, 0.05) is 63.8 Å². The number of aromatic nitrogens is 8. The topological polar surface area (TPSA) is 91.5 Å². The summed E-state index contributed by atoms with van der Waals surface area (Å²) in [6.07, 6.45) is 11.6. The van der Waals surface area contributed by atoms with Crippen molar-refractivity contribution in [2.45, 2.75) is 51.0 Å². The molecule has 4 aromatic rings. The Morgan fingerprint density at radius 2 is 1.38 bits per heavy atom. The molecular formula is C26H34Br2N8O. The molecule has 4 heterocycles. The zero-order valence-electron chi connectivity index (χ0n) is 21.8. The third kappa shape index (κ3) is 6.61. The normalized spacial score (nSPS) is 16.1. The second kappa shape index (κ2) is 10.9. The van der Waals surface area contributed by atoms with Crippen molar-refractivity contribution in [3.8, 4) is 0 Å². The minimum atomic E-state index is -0.700. The Bertz CT molecular complexity index is 1380. The van der Waals surface area contributed by atoms with E-state index in [4.69, 9.17) is 0 Å². The zero-order chi connectivity index (χ0) is 26.3. The van der Waals surface area contributed by atoms with Crippen LogP contribution < -0.4 is 0 Å². The van der Waals surface area contributed by atoms with Crippen molar-refractivity contribution in [1.29, 1.82) is 0 Å². The van der Waals surface area contributed by atoms with Crippen LogP contribution in [0.2, 0.25) is 0 Å². The molecule has 1 N–H and O–H groups in total. The van der Waals surface area contributed by atoms with Gasteiger partial charge in [-0.15, -0.1) is 0 Å². The molecular weight excluding hydrogens is 600 g/mol. The fourth-order valence-electron chi connectivity index (χ4n) is 4.62. The second-order valence-corrected chi connectivity index (χ2v) is 12.0. The Hall–Kier alpha value is -2.24. The predicted molar refractivity (Wildman–Crippen MR) is 148 cm³/mol. The third-order valence-corrected chi connectivity index (χ3v) is 8.28. The van der Waals surface area contributed by atoms with Crippen LogP contribution in [0.5, 0.6) is 0 Å². The molecule has 4 aromatic heterocycles. The zero-order valence-corrected chi connectivity index (χ0v) is 24.9. The summed E-state index contributed by atoms with van der Waals surface area (Å²) in [6, 6.07) is 4.24. The third-order valence-electron chi connectivity index (χ3n) is 6.99. The van der Waals surface area contributed by atoms with Crippen LogP contribution in [0.1, 0.15) is 65.7 Å². The summed E-state index contributed by atoms with van der Waals surface area (Å²) >= 11 is 6.87. The Balaban J connectivity index is 0.000000152. The summed E-state index contributed by atoms with van der Waals surface area (Å²) in [5.41, 5.74) is 6.33. The van der Waals surface area contributed by atoms with Gasteiger partial charge in [0.25, 0.3) is 0 Å². The second-order valence-electron chi connectivity index (χ2n) is 10.5. The number of aliphatic hydroxyl groups is 1. The van der Waals surface area contributed by atoms with E-state index >= 15 is 0 Å². The SMILES string of the molecule is Cn1cc(C(O)c2cc(CC3CC3)nn2C)c(Br)n1.Cn1cc(Cc2cc(CC3CC3)nn2C)c(Br)n1. The first kappa shape index (κ1) is 26.4. The molecule has 2 fully saturated rings. The first-order valence-electron chi connectivity index (χ1n) is 12.8. The summed E-state index contributed by atoms with van der Waals surface area (Å²) in [5, 5.41) is 28.1. The molecule has 0 spiro atoms. The van der Waals surface area contributed by atoms with Crippen LogP contribution in [0.3, 0.4) is 0 Å². The Morgan fingerprint density at radius 3 is 1.92 bits per heavy atom. The van der Waals surface area contributed by atoms with Crippen molar-refractivity contribution in [2.24, 2.45) is 40.0 Å². The fraction of sp³-hybridized carbons (Fsp3) is 0.538. The van der Waals surface area contributed by atoms with Gasteiger partial charge in [0.2, 0.25) is 0 Å². The average Bonchev–Trinajstić information content (AvgIpc) is 3.69. The number of nitrogens with zero attached hydrogens (tertiary/aromatic N) is 8. The lowest BCUT2D eigenvalue weighted by molar-refractivity contribution is 0.209. The maximum absolute atomic E-state index is 10.5. The molecule has 9 nitrogen and oxygen atoms in total. The predicted octanol–water partition coefficient (Wildman–Crippen LogP) is 4.41. The highest BCUT2D eigenvalue weighted by molar-refractivity contribution is 9.10. The van der Waals surface area contributed by atoms with Crippen LogP contribution >= 0.6 is 31.9 Å². The molecule has 0 saturated heterocycles. The molecule has 2 aliphatic carbocycles. The van der Waals surface area contributed by atoms with Crippen molar-refractivity contribution in [3.63, 3.8) is 0 Å². The van der Waals surface area contributed by atoms with E-state index in [-0.39, 0.29) is 0 Å². The molecule has 2 aliphatic rings. The first-order chi connectivity index (χ1) is 17.7. The molecule has 2 saturated carbocycles. The minimum absolute atomic E-state index is 0.674. The monoisotopic (exact) mass is 632 g/mol. The number of rotatable bonds is 8. The molecule has 0 bridgehead atoms. The highest BCUT2D eigenvalue weighted by Crippen LogP contribution is 2.34. The van der Waals surface area contributed by atoms with E-state index in [1.54, 1.807) is 9.36 Å². The largest absolute Gasteiger partial charge is 0.382 e. The molecule has 11 heteroatoms. The number of halogens is 2. The highest BCUT2D eigenvalue weighted by Gasteiger charge is 2.26. The summed E-state index contributed by atoms with van der Waals surface area (Å²) in [7, 11) is 7.67. The van der Waals surface area contributed by atoms with E-state index in [2.05, 4.69) is 64.5 Å². The summed E-state index contributed by atoms with van der Waals surface area (Å²) in [4.78, 5) is 0. The van der Waals surface area contributed by atoms with E-state index in [1.807, 2.05) is 49.8 Å². The van der Waals surface area contributed by atoms with Crippen molar-refractivity contribution < 1.29 is 5.11 Å². The van der Waals surface area contributed by atoms with Crippen LogP contribution in [0, 0.1) is 11.8 Å². The summed E-state index contributed by atoms with van der Waals surface area (Å²) < 4.78 is 8.88. The van der Waals surface area contributed by atoms with E-state index in [0.29, 0.717) is 4.60 Å². The quantitative estimate of drug-likeness (QED) is 0.310. The Labute approximate surface area is 234 Å². The van der Waals surface area contributed by atoms with Gasteiger partial charge < -0.3 is 5.11 Å². The first-order valence-corrected chi connectivity index (χ1v) is 14.3. The van der Waals surface area contributed by atoms with Gasteiger partial charge in [-0.05, 0) is 94.4 Å². The van der Waals surface area contributed by atoms with Crippen LogP contribution in [0.15, 0.2) is 33.7 Å². The highest BCUT2D eigenvalue weighted by atomic mass is 79.9. The lowest BCUT2D eigenvalue weighted by atomic mass is 10.1. The maximum atomic E-state index is 10.5. The minimum Gasteiger partial charge on any atom is -0.382 e. The van der Waals surface area contributed by atoms with Gasteiger partial charge in [-0.3, -0.25) is 18.7 Å². The van der Waals surface area contributed by atoms with Crippen LogP contribution in [0.25, 0.3) is 0 Å². The number of aryl methyl sites for hydroxylation is 4. The van der Waals surface area contributed by atoms with Crippen molar-refractivity contribution in [2.75, 3.05) is 0 Å². The Morgan fingerprint density at radius 1 is 0.811 bits per heavy atom. The number of aliphatic hydroxyl groups excluding tert-OH is 1. The van der Waals surface area contributed by atoms with Gasteiger partial charge in [0.05, 0.1) is 17.1 Å². The van der Waals surface area contributed by atoms with E-state index in [1.165, 1.54) is 42.6 Å². The summed E-state index contributed by atoms with van der Waals surface area (Å²) in [5.74, 6) is 1.68. The van der Waals surface area contributed by atoms with Crippen LogP contribution in [0.4, 0.5) is 0 Å². The number of hydrogen-bond donors (Lipinski definition) is 1. The van der Waals surface area contributed by atoms with Crippen LogP contribution in [-0.2, 0) is 47.5 Å². The Kier molecular flexibility index (Phi) is 7.74. The molecule has 0 aromatic carbocycles. The maximum Gasteiger partial charge on any atom is 0.134 e. The smallest absolute Gasteiger partial charge is 0.134 e. The molecule has 0 amide bonds. The van der Waals surface area contributed by atoms with Gasteiger partial charge >= 0.3 is 0 Å². The van der Waals surface area contributed by atoms with Gasteiger partial charge in [0.15, 0.2) is 0 Å².